The molecule has 0 radical (unpaired) electrons. The molecule has 0 saturated heterocycles. The summed E-state index contributed by atoms with van der Waals surface area (Å²) in [6, 6.07) is 32.5. The molecule has 0 nitrogen and oxygen atoms in total. The minimum absolute atomic E-state index is 1.30. The van der Waals surface area contributed by atoms with E-state index in [1.807, 2.05) is 0 Å². The number of aryl methyl sites for hydroxylation is 4. The smallest absolute Gasteiger partial charge is 0.00204 e. The van der Waals surface area contributed by atoms with E-state index in [0.29, 0.717) is 0 Å². The summed E-state index contributed by atoms with van der Waals surface area (Å²) >= 11 is 0. The van der Waals surface area contributed by atoms with Gasteiger partial charge in [-0.25, -0.2) is 0 Å². The summed E-state index contributed by atoms with van der Waals surface area (Å²) in [6.45, 7) is 8.84. The predicted molar refractivity (Wildman–Crippen MR) is 150 cm³/mol. The Labute approximate surface area is 199 Å². The fraction of sp³-hybridized carbons (Fsp3) is 0.118. The summed E-state index contributed by atoms with van der Waals surface area (Å²) in [7, 11) is 0. The molecule has 7 aromatic carbocycles. The maximum absolute atomic E-state index is 2.43. The van der Waals surface area contributed by atoms with Crippen LogP contribution in [0.2, 0.25) is 0 Å². The Morgan fingerprint density at radius 3 is 1.76 bits per heavy atom. The zero-order valence-corrected chi connectivity index (χ0v) is 20.1. The fourth-order valence-electron chi connectivity index (χ4n) is 6.09. The van der Waals surface area contributed by atoms with E-state index in [1.54, 1.807) is 0 Å². The number of benzene rings is 7. The molecule has 7 aromatic rings. The van der Waals surface area contributed by atoms with Crippen LogP contribution in [0.5, 0.6) is 0 Å². The number of hydrogen-bond donors (Lipinski definition) is 0. The van der Waals surface area contributed by atoms with Gasteiger partial charge in [0.25, 0.3) is 0 Å². The van der Waals surface area contributed by atoms with Crippen LogP contribution >= 0.6 is 0 Å². The van der Waals surface area contributed by atoms with Gasteiger partial charge >= 0.3 is 0 Å². The monoisotopic (exact) mass is 434 g/mol. The molecule has 0 heteroatoms. The Bertz CT molecular complexity index is 1930. The van der Waals surface area contributed by atoms with E-state index in [1.165, 1.54) is 87.2 Å². The summed E-state index contributed by atoms with van der Waals surface area (Å²) in [6.07, 6.45) is 0. The number of fused-ring (bicyclic) bond motifs is 3. The fourth-order valence-corrected chi connectivity index (χ4v) is 6.09. The molecule has 34 heavy (non-hydrogen) atoms. The second kappa shape index (κ2) is 6.81. The van der Waals surface area contributed by atoms with E-state index >= 15 is 0 Å². The molecule has 0 aliphatic carbocycles. The third-order valence-electron chi connectivity index (χ3n) is 7.57. The Morgan fingerprint density at radius 2 is 0.971 bits per heavy atom. The van der Waals surface area contributed by atoms with Gasteiger partial charge in [0.2, 0.25) is 0 Å². The highest BCUT2D eigenvalue weighted by Gasteiger charge is 2.16. The van der Waals surface area contributed by atoms with Crippen molar-refractivity contribution in [2.24, 2.45) is 0 Å². The van der Waals surface area contributed by atoms with Gasteiger partial charge in [0.05, 0.1) is 0 Å². The van der Waals surface area contributed by atoms with Crippen molar-refractivity contribution in [3.63, 3.8) is 0 Å². The van der Waals surface area contributed by atoms with Crippen LogP contribution in [0.4, 0.5) is 0 Å². The summed E-state index contributed by atoms with van der Waals surface area (Å²) in [5, 5.41) is 13.4. The van der Waals surface area contributed by atoms with Crippen molar-refractivity contribution in [3.8, 4) is 11.1 Å². The van der Waals surface area contributed by atoms with E-state index in [2.05, 4.69) is 113 Å². The van der Waals surface area contributed by atoms with Crippen LogP contribution in [0.3, 0.4) is 0 Å². The molecule has 0 atom stereocenters. The molecule has 0 unspecified atom stereocenters. The molecule has 0 saturated carbocycles. The molecule has 7 rings (SSSR count). The van der Waals surface area contributed by atoms with E-state index < -0.39 is 0 Å². The molecule has 0 spiro atoms. The van der Waals surface area contributed by atoms with Crippen molar-refractivity contribution in [2.75, 3.05) is 0 Å². The molecule has 0 aliphatic rings. The van der Waals surface area contributed by atoms with Gasteiger partial charge < -0.3 is 0 Å². The van der Waals surface area contributed by atoms with Crippen molar-refractivity contribution in [1.29, 1.82) is 0 Å². The lowest BCUT2D eigenvalue weighted by molar-refractivity contribution is 1.48. The maximum Gasteiger partial charge on any atom is -0.00204 e. The van der Waals surface area contributed by atoms with Crippen molar-refractivity contribution in [2.45, 2.75) is 27.7 Å². The SMILES string of the molecule is Cc1ccc2c(ccc3cc(C)c(-c4cc5cc(C)cc6ccc7cc(C)cc4c7c65)cc32)c1. The van der Waals surface area contributed by atoms with Gasteiger partial charge in [0.1, 0.15) is 0 Å². The van der Waals surface area contributed by atoms with E-state index in [0.717, 1.165) is 0 Å². The van der Waals surface area contributed by atoms with E-state index in [9.17, 15) is 0 Å². The highest BCUT2D eigenvalue weighted by molar-refractivity contribution is 6.27. The Kier molecular flexibility index (Phi) is 3.92. The van der Waals surface area contributed by atoms with Crippen LogP contribution in [-0.2, 0) is 0 Å². The quantitative estimate of drug-likeness (QED) is 0.226. The van der Waals surface area contributed by atoms with Gasteiger partial charge in [-0.15, -0.1) is 0 Å². The third-order valence-corrected chi connectivity index (χ3v) is 7.57. The van der Waals surface area contributed by atoms with Crippen molar-refractivity contribution >= 4 is 53.9 Å². The second-order valence-electron chi connectivity index (χ2n) is 10.2. The highest BCUT2D eigenvalue weighted by Crippen LogP contribution is 2.43. The molecule has 0 bridgehead atoms. The molecule has 0 aliphatic heterocycles. The van der Waals surface area contributed by atoms with Crippen LogP contribution in [-0.4, -0.2) is 0 Å². The Hall–Kier alpha value is -3.90. The molecule has 0 N–H and O–H groups in total. The summed E-state index contributed by atoms with van der Waals surface area (Å²) in [5.74, 6) is 0. The van der Waals surface area contributed by atoms with Crippen molar-refractivity contribution in [3.05, 3.63) is 107 Å². The van der Waals surface area contributed by atoms with Crippen LogP contribution < -0.4 is 0 Å². The molecule has 0 fully saturated rings. The zero-order valence-electron chi connectivity index (χ0n) is 20.1. The first-order valence-electron chi connectivity index (χ1n) is 12.1. The summed E-state index contributed by atoms with van der Waals surface area (Å²) in [4.78, 5) is 0. The largest absolute Gasteiger partial charge is 0.0587 e. The van der Waals surface area contributed by atoms with E-state index in [4.69, 9.17) is 0 Å². The van der Waals surface area contributed by atoms with Crippen LogP contribution in [0.1, 0.15) is 22.3 Å². The van der Waals surface area contributed by atoms with Gasteiger partial charge in [-0.1, -0.05) is 78.4 Å². The summed E-state index contributed by atoms with van der Waals surface area (Å²) in [5.41, 5.74) is 7.91. The van der Waals surface area contributed by atoms with Gasteiger partial charge in [-0.3, -0.25) is 0 Å². The average Bonchev–Trinajstić information content (AvgIpc) is 2.81. The number of rotatable bonds is 1. The standard InChI is InChI=1S/C34H26/c1-19-5-10-28-23(11-19)6-7-24-16-22(4)29(18-30(24)28)31-17-27-14-20(2)12-25-8-9-26-13-21(3)15-32(31)34(26)33(25)27/h5-18H,1-4H3. The average molecular weight is 435 g/mol. The molecule has 162 valence electrons. The zero-order chi connectivity index (χ0) is 23.1. The van der Waals surface area contributed by atoms with E-state index in [-0.39, 0.29) is 0 Å². The molecule has 0 aromatic heterocycles. The third kappa shape index (κ3) is 2.72. The lowest BCUT2D eigenvalue weighted by atomic mass is 9.85. The van der Waals surface area contributed by atoms with Gasteiger partial charge in [-0.2, -0.15) is 0 Å². The molecule has 0 heterocycles. The predicted octanol–water partition coefficient (Wildman–Crippen LogP) is 9.79. The van der Waals surface area contributed by atoms with Crippen LogP contribution in [0.25, 0.3) is 65.0 Å². The summed E-state index contributed by atoms with van der Waals surface area (Å²) < 4.78 is 0. The Balaban J connectivity index is 1.66. The van der Waals surface area contributed by atoms with Gasteiger partial charge in [0, 0.05) is 0 Å². The lowest BCUT2D eigenvalue weighted by Gasteiger charge is -2.18. The minimum atomic E-state index is 1.30. The topological polar surface area (TPSA) is 0 Å². The van der Waals surface area contributed by atoms with Crippen LogP contribution in [0.15, 0.2) is 84.9 Å². The first-order chi connectivity index (χ1) is 16.5. The second-order valence-corrected chi connectivity index (χ2v) is 10.2. The van der Waals surface area contributed by atoms with Gasteiger partial charge in [-0.05, 0) is 122 Å². The first kappa shape index (κ1) is 19.6. The lowest BCUT2D eigenvalue weighted by Crippen LogP contribution is -1.92. The number of hydrogen-bond acceptors (Lipinski definition) is 0. The highest BCUT2D eigenvalue weighted by atomic mass is 14.2. The molecular weight excluding hydrogens is 408 g/mol. The Morgan fingerprint density at radius 1 is 0.353 bits per heavy atom. The molecular formula is C34H26. The van der Waals surface area contributed by atoms with Crippen molar-refractivity contribution < 1.29 is 0 Å². The van der Waals surface area contributed by atoms with Crippen molar-refractivity contribution in [1.82, 2.24) is 0 Å². The maximum atomic E-state index is 2.43. The molecule has 0 amide bonds. The minimum Gasteiger partial charge on any atom is -0.0587 e. The van der Waals surface area contributed by atoms with Crippen LogP contribution in [0, 0.1) is 27.7 Å². The normalized spacial score (nSPS) is 12.1. The first-order valence-corrected chi connectivity index (χ1v) is 12.1. The van der Waals surface area contributed by atoms with Gasteiger partial charge in [0.15, 0.2) is 0 Å².